The van der Waals surface area contributed by atoms with E-state index in [1.165, 1.54) is 20.3 Å². The number of esters is 1. The molecule has 162 valence electrons. The standard InChI is InChI=1S/C25H19BrO6/c1-14-11-17(31-25(28)23-18(29-2)5-4-6-19(23)30-3)13-20-22(14)24(27)21(32-20)12-15-7-9-16(26)10-8-15/h4-13H,1-3H3/b21-12-. The lowest BCUT2D eigenvalue weighted by Crippen LogP contribution is -2.12. The van der Waals surface area contributed by atoms with Crippen LogP contribution in [0.15, 0.2) is 64.8 Å². The smallest absolute Gasteiger partial charge is 0.351 e. The number of fused-ring (bicyclic) bond motifs is 1. The number of carbonyl (C=O) groups excluding carboxylic acids is 2. The van der Waals surface area contributed by atoms with Gasteiger partial charge in [0.1, 0.15) is 28.6 Å². The van der Waals surface area contributed by atoms with Crippen molar-refractivity contribution in [1.29, 1.82) is 0 Å². The van der Waals surface area contributed by atoms with Gasteiger partial charge in [-0.25, -0.2) is 4.79 Å². The van der Waals surface area contributed by atoms with Crippen LogP contribution in [-0.4, -0.2) is 26.0 Å². The molecule has 0 bridgehead atoms. The Kier molecular flexibility index (Phi) is 6.01. The summed E-state index contributed by atoms with van der Waals surface area (Å²) in [7, 11) is 2.92. The molecule has 0 radical (unpaired) electrons. The van der Waals surface area contributed by atoms with E-state index in [-0.39, 0.29) is 22.9 Å². The zero-order valence-electron chi connectivity index (χ0n) is 17.6. The van der Waals surface area contributed by atoms with Gasteiger partial charge in [-0.05, 0) is 54.5 Å². The molecule has 1 heterocycles. The first-order chi connectivity index (χ1) is 15.4. The van der Waals surface area contributed by atoms with E-state index in [0.717, 1.165) is 10.0 Å². The number of hydrogen-bond acceptors (Lipinski definition) is 6. The molecule has 0 atom stereocenters. The molecule has 0 unspecified atom stereocenters. The molecule has 0 saturated heterocycles. The Labute approximate surface area is 193 Å². The van der Waals surface area contributed by atoms with Crippen LogP contribution < -0.4 is 18.9 Å². The van der Waals surface area contributed by atoms with Crippen molar-refractivity contribution < 1.29 is 28.5 Å². The average molecular weight is 495 g/mol. The molecule has 3 aromatic rings. The van der Waals surface area contributed by atoms with Gasteiger partial charge in [0.2, 0.25) is 5.78 Å². The Morgan fingerprint density at radius 2 is 1.66 bits per heavy atom. The predicted octanol–water partition coefficient (Wildman–Crippen LogP) is 5.61. The van der Waals surface area contributed by atoms with Crippen LogP contribution in [0.3, 0.4) is 0 Å². The summed E-state index contributed by atoms with van der Waals surface area (Å²) in [6, 6.07) is 15.7. The first-order valence-electron chi connectivity index (χ1n) is 9.69. The van der Waals surface area contributed by atoms with Gasteiger partial charge in [-0.3, -0.25) is 4.79 Å². The maximum absolute atomic E-state index is 12.9. The van der Waals surface area contributed by atoms with Crippen LogP contribution in [0.5, 0.6) is 23.0 Å². The number of ether oxygens (including phenoxy) is 4. The van der Waals surface area contributed by atoms with E-state index in [2.05, 4.69) is 15.9 Å². The Hall–Kier alpha value is -3.58. The second-order valence-electron chi connectivity index (χ2n) is 7.03. The van der Waals surface area contributed by atoms with Crippen LogP contribution >= 0.6 is 15.9 Å². The lowest BCUT2D eigenvalue weighted by atomic mass is 10.0. The minimum absolute atomic E-state index is 0.170. The van der Waals surface area contributed by atoms with Gasteiger partial charge < -0.3 is 18.9 Å². The van der Waals surface area contributed by atoms with Gasteiger partial charge in [-0.15, -0.1) is 0 Å². The fraction of sp³-hybridized carbons (Fsp3) is 0.120. The Bertz CT molecular complexity index is 1220. The van der Waals surface area contributed by atoms with Gasteiger partial charge in [-0.2, -0.15) is 0 Å². The van der Waals surface area contributed by atoms with Crippen molar-refractivity contribution in [2.75, 3.05) is 14.2 Å². The molecule has 0 spiro atoms. The van der Waals surface area contributed by atoms with Crippen molar-refractivity contribution in [3.63, 3.8) is 0 Å². The molecule has 0 aromatic heterocycles. The molecule has 1 aliphatic rings. The number of benzene rings is 3. The van der Waals surface area contributed by atoms with Gasteiger partial charge in [-0.1, -0.05) is 34.1 Å². The monoisotopic (exact) mass is 494 g/mol. The molecule has 1 aliphatic heterocycles. The zero-order chi connectivity index (χ0) is 22.8. The fourth-order valence-corrected chi connectivity index (χ4v) is 3.72. The second-order valence-corrected chi connectivity index (χ2v) is 7.95. The highest BCUT2D eigenvalue weighted by Gasteiger charge is 2.31. The summed E-state index contributed by atoms with van der Waals surface area (Å²) < 4.78 is 22.9. The van der Waals surface area contributed by atoms with Crippen molar-refractivity contribution in [1.82, 2.24) is 0 Å². The minimum atomic E-state index is -0.645. The summed E-state index contributed by atoms with van der Waals surface area (Å²) in [5.41, 5.74) is 2.09. The van der Waals surface area contributed by atoms with E-state index in [4.69, 9.17) is 18.9 Å². The van der Waals surface area contributed by atoms with Gasteiger partial charge in [0.25, 0.3) is 0 Å². The number of hydrogen-bond donors (Lipinski definition) is 0. The molecule has 0 N–H and O–H groups in total. The number of allylic oxidation sites excluding steroid dienone is 1. The molecule has 4 rings (SSSR count). The van der Waals surface area contributed by atoms with Gasteiger partial charge >= 0.3 is 5.97 Å². The van der Waals surface area contributed by atoms with Crippen LogP contribution in [-0.2, 0) is 0 Å². The summed E-state index contributed by atoms with van der Waals surface area (Å²) in [4.78, 5) is 25.7. The summed E-state index contributed by atoms with van der Waals surface area (Å²) in [5.74, 6) is 0.598. The van der Waals surface area contributed by atoms with E-state index in [1.54, 1.807) is 37.3 Å². The van der Waals surface area contributed by atoms with E-state index in [1.807, 2.05) is 24.3 Å². The molecule has 3 aromatic carbocycles. The number of ketones is 1. The summed E-state index contributed by atoms with van der Waals surface area (Å²) in [6.45, 7) is 1.77. The SMILES string of the molecule is COc1cccc(OC)c1C(=O)Oc1cc(C)c2c(c1)O/C(=C\c1ccc(Br)cc1)C2=O. The van der Waals surface area contributed by atoms with Gasteiger partial charge in [0.05, 0.1) is 19.8 Å². The maximum atomic E-state index is 12.9. The van der Waals surface area contributed by atoms with E-state index >= 15 is 0 Å². The Balaban J connectivity index is 1.63. The summed E-state index contributed by atoms with van der Waals surface area (Å²) >= 11 is 3.39. The molecule has 0 fully saturated rings. The van der Waals surface area contributed by atoms with Crippen LogP contribution in [0.25, 0.3) is 6.08 Å². The fourth-order valence-electron chi connectivity index (χ4n) is 3.46. The molecule has 0 aliphatic carbocycles. The van der Waals surface area contributed by atoms with Gasteiger partial charge in [0, 0.05) is 10.5 Å². The number of halogens is 1. The molecule has 6 nitrogen and oxygen atoms in total. The third-order valence-electron chi connectivity index (χ3n) is 4.95. The lowest BCUT2D eigenvalue weighted by molar-refractivity contribution is 0.0727. The zero-order valence-corrected chi connectivity index (χ0v) is 19.2. The quantitative estimate of drug-likeness (QED) is 0.260. The van der Waals surface area contributed by atoms with Crippen molar-refractivity contribution >= 4 is 33.8 Å². The van der Waals surface area contributed by atoms with E-state index < -0.39 is 5.97 Å². The normalized spacial score (nSPS) is 13.5. The number of rotatable bonds is 5. The number of methoxy groups -OCH3 is 2. The predicted molar refractivity (Wildman–Crippen MR) is 123 cm³/mol. The number of carbonyl (C=O) groups is 2. The van der Waals surface area contributed by atoms with Gasteiger partial charge in [0.15, 0.2) is 5.76 Å². The maximum Gasteiger partial charge on any atom is 0.351 e. The van der Waals surface area contributed by atoms with Crippen molar-refractivity contribution in [2.45, 2.75) is 6.92 Å². The van der Waals surface area contributed by atoms with E-state index in [9.17, 15) is 9.59 Å². The Morgan fingerprint density at radius 1 is 1.00 bits per heavy atom. The third-order valence-corrected chi connectivity index (χ3v) is 5.48. The minimum Gasteiger partial charge on any atom is -0.496 e. The molecule has 0 saturated carbocycles. The Morgan fingerprint density at radius 3 is 2.28 bits per heavy atom. The van der Waals surface area contributed by atoms with Crippen LogP contribution in [0.4, 0.5) is 0 Å². The van der Waals surface area contributed by atoms with Crippen LogP contribution in [0.1, 0.15) is 31.8 Å². The molecule has 32 heavy (non-hydrogen) atoms. The molecule has 7 heteroatoms. The highest BCUT2D eigenvalue weighted by atomic mass is 79.9. The lowest BCUT2D eigenvalue weighted by Gasteiger charge is -2.13. The second kappa shape index (κ2) is 8.88. The van der Waals surface area contributed by atoms with Crippen molar-refractivity contribution in [2.24, 2.45) is 0 Å². The van der Waals surface area contributed by atoms with Crippen molar-refractivity contribution in [3.8, 4) is 23.0 Å². The largest absolute Gasteiger partial charge is 0.496 e. The van der Waals surface area contributed by atoms with Crippen LogP contribution in [0, 0.1) is 6.92 Å². The average Bonchev–Trinajstić information content (AvgIpc) is 3.09. The van der Waals surface area contributed by atoms with E-state index in [0.29, 0.717) is 28.4 Å². The topological polar surface area (TPSA) is 71.1 Å². The third kappa shape index (κ3) is 4.11. The first kappa shape index (κ1) is 21.6. The highest BCUT2D eigenvalue weighted by molar-refractivity contribution is 9.10. The number of Topliss-reactive ketones (excluding diaryl/α,β-unsaturated/α-hetero) is 1. The molecular weight excluding hydrogens is 476 g/mol. The summed E-state index contributed by atoms with van der Waals surface area (Å²) in [5, 5.41) is 0. The summed E-state index contributed by atoms with van der Waals surface area (Å²) in [6.07, 6.45) is 1.68. The molecule has 0 amide bonds. The van der Waals surface area contributed by atoms with Crippen LogP contribution in [0.2, 0.25) is 0 Å². The number of aryl methyl sites for hydroxylation is 1. The van der Waals surface area contributed by atoms with Crippen molar-refractivity contribution in [3.05, 3.63) is 87.1 Å². The first-order valence-corrected chi connectivity index (χ1v) is 10.5. The highest BCUT2D eigenvalue weighted by Crippen LogP contribution is 2.38. The molecular formula is C25H19BrO6.